The molecule has 0 aliphatic carbocycles. The maximum Gasteiger partial charge on any atom is 0.251 e. The van der Waals surface area contributed by atoms with Crippen molar-refractivity contribution in [2.45, 2.75) is 38.8 Å². The molecular weight excluding hydrogens is 312 g/mol. The molecule has 0 saturated carbocycles. The first-order valence-electron chi connectivity index (χ1n) is 8.94. The van der Waals surface area contributed by atoms with Crippen molar-refractivity contribution in [1.82, 2.24) is 4.90 Å². The second kappa shape index (κ2) is 6.45. The zero-order valence-electron chi connectivity index (χ0n) is 14.4. The molecule has 2 aromatic carbocycles. The third-order valence-electron chi connectivity index (χ3n) is 5.33. The number of imide groups is 1. The molecule has 1 saturated heterocycles. The van der Waals surface area contributed by atoms with Crippen LogP contribution in [-0.2, 0) is 29.0 Å². The molecule has 128 valence electrons. The SMILES string of the molecule is CCc1ccc(N2C(=O)C[C@H](N3CCc4ccccc4C3)C2=O)cc1. The molecule has 0 bridgehead atoms. The van der Waals surface area contributed by atoms with E-state index in [2.05, 4.69) is 30.0 Å². The van der Waals surface area contributed by atoms with Crippen LogP contribution in [0.25, 0.3) is 0 Å². The number of hydrogen-bond acceptors (Lipinski definition) is 3. The van der Waals surface area contributed by atoms with Gasteiger partial charge in [0.15, 0.2) is 0 Å². The molecule has 2 aliphatic heterocycles. The molecule has 0 spiro atoms. The van der Waals surface area contributed by atoms with Gasteiger partial charge in [0.1, 0.15) is 0 Å². The molecule has 2 aromatic rings. The van der Waals surface area contributed by atoms with Gasteiger partial charge in [-0.2, -0.15) is 0 Å². The molecule has 0 radical (unpaired) electrons. The van der Waals surface area contributed by atoms with Crippen molar-refractivity contribution in [2.75, 3.05) is 11.4 Å². The Balaban J connectivity index is 1.55. The van der Waals surface area contributed by atoms with Crippen LogP contribution in [0.3, 0.4) is 0 Å². The molecule has 4 heteroatoms. The lowest BCUT2D eigenvalue weighted by Crippen LogP contribution is -2.44. The lowest BCUT2D eigenvalue weighted by molar-refractivity contribution is -0.123. The van der Waals surface area contributed by atoms with Gasteiger partial charge in [-0.25, -0.2) is 4.90 Å². The Hall–Kier alpha value is -2.46. The van der Waals surface area contributed by atoms with Crippen molar-refractivity contribution in [3.05, 3.63) is 65.2 Å². The standard InChI is InChI=1S/C21H22N2O2/c1-2-15-7-9-18(10-8-15)23-20(24)13-19(21(23)25)22-12-11-16-5-3-4-6-17(16)14-22/h3-10,19H,2,11-14H2,1H3/t19-/m0/s1. The zero-order valence-corrected chi connectivity index (χ0v) is 14.4. The fourth-order valence-electron chi connectivity index (χ4n) is 3.84. The van der Waals surface area contributed by atoms with E-state index >= 15 is 0 Å². The van der Waals surface area contributed by atoms with Gasteiger partial charge < -0.3 is 0 Å². The highest BCUT2D eigenvalue weighted by Gasteiger charge is 2.43. The molecule has 2 aliphatic rings. The summed E-state index contributed by atoms with van der Waals surface area (Å²) in [5.41, 5.74) is 4.50. The minimum Gasteiger partial charge on any atom is -0.287 e. The highest BCUT2D eigenvalue weighted by molar-refractivity contribution is 6.22. The summed E-state index contributed by atoms with van der Waals surface area (Å²) >= 11 is 0. The Bertz CT molecular complexity index is 813. The number of benzene rings is 2. The number of hydrogen-bond donors (Lipinski definition) is 0. The Morgan fingerprint density at radius 3 is 2.44 bits per heavy atom. The lowest BCUT2D eigenvalue weighted by Gasteiger charge is -2.32. The highest BCUT2D eigenvalue weighted by Crippen LogP contribution is 2.29. The van der Waals surface area contributed by atoms with Crippen molar-refractivity contribution >= 4 is 17.5 Å². The third kappa shape index (κ3) is 2.87. The number of aryl methyl sites for hydroxylation is 1. The molecule has 0 N–H and O–H groups in total. The number of nitrogens with zero attached hydrogens (tertiary/aromatic N) is 2. The van der Waals surface area contributed by atoms with Crippen LogP contribution < -0.4 is 4.90 Å². The van der Waals surface area contributed by atoms with Crippen LogP contribution in [0.5, 0.6) is 0 Å². The van der Waals surface area contributed by atoms with E-state index < -0.39 is 0 Å². The summed E-state index contributed by atoms with van der Waals surface area (Å²) < 4.78 is 0. The molecule has 4 rings (SSSR count). The minimum atomic E-state index is -0.341. The topological polar surface area (TPSA) is 40.6 Å². The van der Waals surface area contributed by atoms with E-state index in [1.807, 2.05) is 30.3 Å². The van der Waals surface area contributed by atoms with Gasteiger partial charge in [0.05, 0.1) is 18.2 Å². The van der Waals surface area contributed by atoms with Gasteiger partial charge in [-0.1, -0.05) is 43.3 Å². The normalized spacial score (nSPS) is 20.8. The summed E-state index contributed by atoms with van der Waals surface area (Å²) in [6, 6.07) is 15.7. The first-order valence-corrected chi connectivity index (χ1v) is 8.94. The van der Waals surface area contributed by atoms with Gasteiger partial charge >= 0.3 is 0 Å². The smallest absolute Gasteiger partial charge is 0.251 e. The Morgan fingerprint density at radius 1 is 1.00 bits per heavy atom. The molecule has 2 heterocycles. The summed E-state index contributed by atoms with van der Waals surface area (Å²) in [6.07, 6.45) is 2.15. The van der Waals surface area contributed by atoms with Crippen molar-refractivity contribution < 1.29 is 9.59 Å². The Labute approximate surface area is 148 Å². The summed E-state index contributed by atoms with van der Waals surface area (Å²) in [5.74, 6) is -0.188. The van der Waals surface area contributed by atoms with Crippen LogP contribution >= 0.6 is 0 Å². The number of carbonyl (C=O) groups excluding carboxylic acids is 2. The fraction of sp³-hybridized carbons (Fsp3) is 0.333. The van der Waals surface area contributed by atoms with Gasteiger partial charge in [-0.05, 0) is 41.7 Å². The molecule has 2 amide bonds. The Kier molecular flexibility index (Phi) is 4.14. The maximum atomic E-state index is 12.9. The second-order valence-electron chi connectivity index (χ2n) is 6.80. The average Bonchev–Trinajstić information content (AvgIpc) is 2.96. The van der Waals surface area contributed by atoms with E-state index in [0.717, 1.165) is 25.9 Å². The van der Waals surface area contributed by atoms with E-state index in [9.17, 15) is 9.59 Å². The van der Waals surface area contributed by atoms with Gasteiger partial charge in [-0.15, -0.1) is 0 Å². The largest absolute Gasteiger partial charge is 0.287 e. The third-order valence-corrected chi connectivity index (χ3v) is 5.33. The van der Waals surface area contributed by atoms with Crippen LogP contribution in [0.2, 0.25) is 0 Å². The van der Waals surface area contributed by atoms with Crippen LogP contribution in [0.4, 0.5) is 5.69 Å². The monoisotopic (exact) mass is 334 g/mol. The number of fused-ring (bicyclic) bond motifs is 1. The summed E-state index contributed by atoms with van der Waals surface area (Å²) in [6.45, 7) is 3.65. The molecule has 0 aromatic heterocycles. The molecule has 4 nitrogen and oxygen atoms in total. The molecule has 25 heavy (non-hydrogen) atoms. The van der Waals surface area contributed by atoms with Crippen molar-refractivity contribution in [1.29, 1.82) is 0 Å². The van der Waals surface area contributed by atoms with Crippen LogP contribution in [0.15, 0.2) is 48.5 Å². The minimum absolute atomic E-state index is 0.0892. The average molecular weight is 334 g/mol. The van der Waals surface area contributed by atoms with Crippen LogP contribution in [-0.4, -0.2) is 29.3 Å². The van der Waals surface area contributed by atoms with E-state index in [0.29, 0.717) is 5.69 Å². The molecule has 1 fully saturated rings. The molecule has 0 unspecified atom stereocenters. The van der Waals surface area contributed by atoms with Gasteiger partial charge in [0.25, 0.3) is 5.91 Å². The van der Waals surface area contributed by atoms with E-state index in [1.54, 1.807) is 0 Å². The van der Waals surface area contributed by atoms with E-state index in [1.165, 1.54) is 21.6 Å². The van der Waals surface area contributed by atoms with Crippen molar-refractivity contribution in [2.24, 2.45) is 0 Å². The molecular formula is C21H22N2O2. The predicted molar refractivity (Wildman–Crippen MR) is 97.3 cm³/mol. The summed E-state index contributed by atoms with van der Waals surface area (Å²) in [5, 5.41) is 0. The summed E-state index contributed by atoms with van der Waals surface area (Å²) in [7, 11) is 0. The predicted octanol–water partition coefficient (Wildman–Crippen LogP) is 2.94. The number of rotatable bonds is 3. The highest BCUT2D eigenvalue weighted by atomic mass is 16.2. The second-order valence-corrected chi connectivity index (χ2v) is 6.80. The van der Waals surface area contributed by atoms with Crippen LogP contribution in [0, 0.1) is 0 Å². The summed E-state index contributed by atoms with van der Waals surface area (Å²) in [4.78, 5) is 29.0. The Morgan fingerprint density at radius 2 is 1.72 bits per heavy atom. The van der Waals surface area contributed by atoms with E-state index in [-0.39, 0.29) is 24.3 Å². The first-order chi connectivity index (χ1) is 12.2. The number of anilines is 1. The number of carbonyl (C=O) groups is 2. The van der Waals surface area contributed by atoms with Crippen LogP contribution in [0.1, 0.15) is 30.0 Å². The fourth-order valence-corrected chi connectivity index (χ4v) is 3.84. The van der Waals surface area contributed by atoms with E-state index in [4.69, 9.17) is 0 Å². The zero-order chi connectivity index (χ0) is 17.4. The first kappa shape index (κ1) is 16.0. The quantitative estimate of drug-likeness (QED) is 0.811. The van der Waals surface area contributed by atoms with Gasteiger partial charge in [0.2, 0.25) is 5.91 Å². The molecule has 1 atom stereocenters. The van der Waals surface area contributed by atoms with Crippen molar-refractivity contribution in [3.63, 3.8) is 0 Å². The lowest BCUT2D eigenvalue weighted by atomic mass is 9.98. The maximum absolute atomic E-state index is 12.9. The van der Waals surface area contributed by atoms with Crippen molar-refractivity contribution in [3.8, 4) is 0 Å². The van der Waals surface area contributed by atoms with Gasteiger partial charge in [0, 0.05) is 13.1 Å². The van der Waals surface area contributed by atoms with Gasteiger partial charge in [-0.3, -0.25) is 14.5 Å². The number of amides is 2.